The van der Waals surface area contributed by atoms with Crippen LogP contribution in [-0.4, -0.2) is 60.5 Å². The highest BCUT2D eigenvalue weighted by Gasteiger charge is 2.43. The SMILES string of the molecule is O=C(NC1CCCCC1)NC1CCN(C(=O)C2CC(F)(F)CN2)CC1. The fourth-order valence-corrected chi connectivity index (χ4v) is 4.01. The molecule has 2 heterocycles. The summed E-state index contributed by atoms with van der Waals surface area (Å²) >= 11 is 0. The van der Waals surface area contributed by atoms with Crippen molar-refractivity contribution in [3.8, 4) is 0 Å². The van der Waals surface area contributed by atoms with Gasteiger partial charge in [0, 0.05) is 31.6 Å². The van der Waals surface area contributed by atoms with Crippen LogP contribution in [0, 0.1) is 0 Å². The first-order chi connectivity index (χ1) is 11.9. The lowest BCUT2D eigenvalue weighted by Crippen LogP contribution is -2.53. The number of piperidine rings is 1. The van der Waals surface area contributed by atoms with Crippen LogP contribution in [0.2, 0.25) is 0 Å². The average Bonchev–Trinajstić information content (AvgIpc) is 2.96. The first kappa shape index (κ1) is 18.4. The van der Waals surface area contributed by atoms with Crippen LogP contribution in [0.5, 0.6) is 0 Å². The topological polar surface area (TPSA) is 73.5 Å². The van der Waals surface area contributed by atoms with Gasteiger partial charge in [0.05, 0.1) is 12.6 Å². The van der Waals surface area contributed by atoms with Gasteiger partial charge in [0.2, 0.25) is 5.91 Å². The zero-order valence-corrected chi connectivity index (χ0v) is 14.5. The molecular weight excluding hydrogens is 330 g/mol. The van der Waals surface area contributed by atoms with Crippen molar-refractivity contribution in [3.63, 3.8) is 0 Å². The van der Waals surface area contributed by atoms with E-state index < -0.39 is 24.9 Å². The number of carbonyl (C=O) groups is 2. The van der Waals surface area contributed by atoms with Crippen LogP contribution >= 0.6 is 0 Å². The molecular formula is C17H28F2N4O2. The summed E-state index contributed by atoms with van der Waals surface area (Å²) in [5.74, 6) is -3.04. The number of carbonyl (C=O) groups excluding carboxylic acids is 2. The Morgan fingerprint density at radius 2 is 1.56 bits per heavy atom. The van der Waals surface area contributed by atoms with Gasteiger partial charge in [0.25, 0.3) is 5.92 Å². The number of urea groups is 1. The average molecular weight is 358 g/mol. The minimum absolute atomic E-state index is 0.0330. The second-order valence-electron chi connectivity index (χ2n) is 7.55. The van der Waals surface area contributed by atoms with Crippen LogP contribution in [-0.2, 0) is 4.79 Å². The molecule has 8 heteroatoms. The number of hydrogen-bond donors (Lipinski definition) is 3. The van der Waals surface area contributed by atoms with Gasteiger partial charge in [-0.1, -0.05) is 19.3 Å². The number of nitrogens with one attached hydrogen (secondary N) is 3. The first-order valence-electron chi connectivity index (χ1n) is 9.40. The fraction of sp³-hybridized carbons (Fsp3) is 0.882. The summed E-state index contributed by atoms with van der Waals surface area (Å²) < 4.78 is 26.5. The predicted octanol–water partition coefficient (Wildman–Crippen LogP) is 1.61. The number of rotatable bonds is 3. The van der Waals surface area contributed by atoms with Crippen molar-refractivity contribution in [2.45, 2.75) is 75.4 Å². The van der Waals surface area contributed by atoms with E-state index in [2.05, 4.69) is 16.0 Å². The van der Waals surface area contributed by atoms with Gasteiger partial charge < -0.3 is 15.5 Å². The van der Waals surface area contributed by atoms with E-state index in [0.29, 0.717) is 25.9 Å². The van der Waals surface area contributed by atoms with Crippen molar-refractivity contribution in [2.24, 2.45) is 0 Å². The van der Waals surface area contributed by atoms with Gasteiger partial charge in [-0.2, -0.15) is 0 Å². The van der Waals surface area contributed by atoms with E-state index in [0.717, 1.165) is 12.8 Å². The van der Waals surface area contributed by atoms with Crippen molar-refractivity contribution in [1.29, 1.82) is 0 Å². The van der Waals surface area contributed by atoms with Crippen molar-refractivity contribution in [1.82, 2.24) is 20.9 Å². The Bertz CT molecular complexity index is 489. The molecule has 0 aromatic heterocycles. The molecule has 0 bridgehead atoms. The Kier molecular flexibility index (Phi) is 5.76. The summed E-state index contributed by atoms with van der Waals surface area (Å²) in [6.45, 7) is 0.566. The second-order valence-corrected chi connectivity index (χ2v) is 7.55. The fourth-order valence-electron chi connectivity index (χ4n) is 4.01. The third-order valence-corrected chi connectivity index (χ3v) is 5.49. The molecule has 3 amide bonds. The maximum absolute atomic E-state index is 13.2. The quantitative estimate of drug-likeness (QED) is 0.718. The van der Waals surface area contributed by atoms with Crippen LogP contribution in [0.4, 0.5) is 13.6 Å². The van der Waals surface area contributed by atoms with E-state index >= 15 is 0 Å². The maximum Gasteiger partial charge on any atom is 0.315 e. The molecule has 2 aliphatic heterocycles. The lowest BCUT2D eigenvalue weighted by molar-refractivity contribution is -0.134. The molecule has 1 saturated carbocycles. The van der Waals surface area contributed by atoms with Gasteiger partial charge in [0.15, 0.2) is 0 Å². The van der Waals surface area contributed by atoms with E-state index in [1.54, 1.807) is 4.90 Å². The van der Waals surface area contributed by atoms with E-state index in [9.17, 15) is 18.4 Å². The van der Waals surface area contributed by atoms with Gasteiger partial charge >= 0.3 is 6.03 Å². The van der Waals surface area contributed by atoms with Crippen molar-refractivity contribution in [3.05, 3.63) is 0 Å². The molecule has 2 saturated heterocycles. The molecule has 0 radical (unpaired) electrons. The third-order valence-electron chi connectivity index (χ3n) is 5.49. The summed E-state index contributed by atoms with van der Waals surface area (Å²) in [6.07, 6.45) is 6.56. The Labute approximate surface area is 147 Å². The normalized spacial score (nSPS) is 27.9. The highest BCUT2D eigenvalue weighted by molar-refractivity contribution is 5.82. The third kappa shape index (κ3) is 5.03. The highest BCUT2D eigenvalue weighted by atomic mass is 19.3. The molecule has 142 valence electrons. The zero-order chi connectivity index (χ0) is 17.9. The Hall–Kier alpha value is -1.44. The minimum Gasteiger partial charge on any atom is -0.341 e. The van der Waals surface area contributed by atoms with Crippen LogP contribution in [0.1, 0.15) is 51.4 Å². The molecule has 3 rings (SSSR count). The number of hydrogen-bond acceptors (Lipinski definition) is 3. The zero-order valence-electron chi connectivity index (χ0n) is 14.5. The molecule has 1 unspecified atom stereocenters. The van der Waals surface area contributed by atoms with Crippen LogP contribution in [0.15, 0.2) is 0 Å². The molecule has 3 N–H and O–H groups in total. The van der Waals surface area contributed by atoms with E-state index in [4.69, 9.17) is 0 Å². The molecule has 6 nitrogen and oxygen atoms in total. The van der Waals surface area contributed by atoms with Crippen molar-refractivity contribution < 1.29 is 18.4 Å². The van der Waals surface area contributed by atoms with E-state index in [-0.39, 0.29) is 24.0 Å². The van der Waals surface area contributed by atoms with Gasteiger partial charge in [0.1, 0.15) is 0 Å². The standard InChI is InChI=1S/C17H28F2N4O2/c18-17(19)10-14(20-11-17)15(24)23-8-6-13(7-9-23)22-16(25)21-12-4-2-1-3-5-12/h12-14,20H,1-11H2,(H2,21,22,25). The molecule has 3 aliphatic rings. The number of halogens is 2. The summed E-state index contributed by atoms with van der Waals surface area (Å²) in [6, 6.07) is -0.612. The highest BCUT2D eigenvalue weighted by Crippen LogP contribution is 2.26. The Balaban J connectivity index is 1.38. The van der Waals surface area contributed by atoms with E-state index in [1.807, 2.05) is 0 Å². The number of likely N-dealkylation sites (tertiary alicyclic amines) is 1. The largest absolute Gasteiger partial charge is 0.341 e. The Morgan fingerprint density at radius 3 is 2.12 bits per heavy atom. The van der Waals surface area contributed by atoms with Crippen LogP contribution in [0.25, 0.3) is 0 Å². The van der Waals surface area contributed by atoms with Gasteiger partial charge in [-0.25, -0.2) is 13.6 Å². The molecule has 0 spiro atoms. The smallest absolute Gasteiger partial charge is 0.315 e. The van der Waals surface area contributed by atoms with Crippen LogP contribution < -0.4 is 16.0 Å². The van der Waals surface area contributed by atoms with Crippen molar-refractivity contribution >= 4 is 11.9 Å². The predicted molar refractivity (Wildman–Crippen MR) is 89.5 cm³/mol. The minimum atomic E-state index is -2.79. The number of nitrogens with zero attached hydrogens (tertiary/aromatic N) is 1. The number of amides is 3. The number of alkyl halides is 2. The molecule has 0 aromatic rings. The summed E-state index contributed by atoms with van der Waals surface area (Å²) in [5.41, 5.74) is 0. The van der Waals surface area contributed by atoms with E-state index in [1.165, 1.54) is 19.3 Å². The van der Waals surface area contributed by atoms with Gasteiger partial charge in [-0.3, -0.25) is 10.1 Å². The van der Waals surface area contributed by atoms with Gasteiger partial charge in [-0.05, 0) is 25.7 Å². The van der Waals surface area contributed by atoms with Crippen molar-refractivity contribution in [2.75, 3.05) is 19.6 Å². The lowest BCUT2D eigenvalue weighted by atomic mass is 9.96. The first-order valence-corrected chi connectivity index (χ1v) is 9.40. The summed E-state index contributed by atoms with van der Waals surface area (Å²) in [4.78, 5) is 26.0. The molecule has 1 aliphatic carbocycles. The maximum atomic E-state index is 13.2. The van der Waals surface area contributed by atoms with Gasteiger partial charge in [-0.15, -0.1) is 0 Å². The monoisotopic (exact) mass is 358 g/mol. The summed E-state index contributed by atoms with van der Waals surface area (Å²) in [7, 11) is 0. The lowest BCUT2D eigenvalue weighted by Gasteiger charge is -2.34. The second kappa shape index (κ2) is 7.85. The Morgan fingerprint density at radius 1 is 0.960 bits per heavy atom. The van der Waals surface area contributed by atoms with Crippen LogP contribution in [0.3, 0.4) is 0 Å². The molecule has 0 aromatic carbocycles. The molecule has 25 heavy (non-hydrogen) atoms. The molecule has 3 fully saturated rings. The summed E-state index contributed by atoms with van der Waals surface area (Å²) in [5, 5.41) is 8.63. The molecule has 1 atom stereocenters.